The standard InChI is InChI=1S/C12H18N2O3/c1-8(17)10-4-3-9(5-11(10)13)14-12(2,6-15)7-16/h3-5,14-16H,6-7,13H2,1-2H3. The molecule has 0 atom stereocenters. The van der Waals surface area contributed by atoms with Gasteiger partial charge < -0.3 is 21.3 Å². The predicted molar refractivity (Wildman–Crippen MR) is 67.1 cm³/mol. The van der Waals surface area contributed by atoms with Crippen LogP contribution in [0.15, 0.2) is 18.2 Å². The fraction of sp³-hybridized carbons (Fsp3) is 0.417. The molecule has 1 rings (SSSR count). The minimum absolute atomic E-state index is 0.0962. The molecule has 5 heteroatoms. The number of aliphatic hydroxyl groups excluding tert-OH is 2. The highest BCUT2D eigenvalue weighted by Crippen LogP contribution is 2.21. The monoisotopic (exact) mass is 238 g/mol. The molecule has 0 aliphatic heterocycles. The quantitative estimate of drug-likeness (QED) is 0.445. The van der Waals surface area contributed by atoms with Gasteiger partial charge in [-0.3, -0.25) is 4.79 Å². The van der Waals surface area contributed by atoms with Gasteiger partial charge in [0.1, 0.15) is 0 Å². The van der Waals surface area contributed by atoms with Crippen LogP contribution >= 0.6 is 0 Å². The molecule has 0 aliphatic rings. The number of nitrogens with two attached hydrogens (primary N) is 1. The minimum Gasteiger partial charge on any atom is -0.398 e. The number of nitrogens with one attached hydrogen (secondary N) is 1. The molecule has 0 saturated heterocycles. The molecule has 1 aromatic rings. The lowest BCUT2D eigenvalue weighted by atomic mass is 10.0. The van der Waals surface area contributed by atoms with E-state index >= 15 is 0 Å². The normalized spacial score (nSPS) is 11.3. The molecule has 17 heavy (non-hydrogen) atoms. The SMILES string of the molecule is CC(=O)c1ccc(NC(C)(CO)CO)cc1N. The number of anilines is 2. The number of nitrogen functional groups attached to an aromatic ring is 1. The highest BCUT2D eigenvalue weighted by atomic mass is 16.3. The summed E-state index contributed by atoms with van der Waals surface area (Å²) in [5, 5.41) is 21.3. The Hall–Kier alpha value is -1.59. The van der Waals surface area contributed by atoms with Crippen molar-refractivity contribution < 1.29 is 15.0 Å². The van der Waals surface area contributed by atoms with E-state index in [4.69, 9.17) is 15.9 Å². The molecule has 1 aromatic carbocycles. The third kappa shape index (κ3) is 3.18. The van der Waals surface area contributed by atoms with Crippen molar-refractivity contribution in [3.63, 3.8) is 0 Å². The topological polar surface area (TPSA) is 95.6 Å². The molecule has 0 spiro atoms. The van der Waals surface area contributed by atoms with E-state index in [1.54, 1.807) is 25.1 Å². The molecule has 5 nitrogen and oxygen atoms in total. The van der Waals surface area contributed by atoms with E-state index in [-0.39, 0.29) is 19.0 Å². The van der Waals surface area contributed by atoms with Gasteiger partial charge in [0.2, 0.25) is 0 Å². The molecule has 0 heterocycles. The van der Waals surface area contributed by atoms with Crippen LogP contribution in [0.3, 0.4) is 0 Å². The molecule has 0 unspecified atom stereocenters. The summed E-state index contributed by atoms with van der Waals surface area (Å²) in [6.07, 6.45) is 0. The van der Waals surface area contributed by atoms with Crippen LogP contribution in [0, 0.1) is 0 Å². The molecule has 94 valence electrons. The van der Waals surface area contributed by atoms with Crippen LogP contribution in [-0.2, 0) is 0 Å². The highest BCUT2D eigenvalue weighted by molar-refractivity contribution is 5.99. The van der Waals surface area contributed by atoms with Crippen LogP contribution < -0.4 is 11.1 Å². The van der Waals surface area contributed by atoms with Gasteiger partial charge in [-0.15, -0.1) is 0 Å². The van der Waals surface area contributed by atoms with E-state index in [1.165, 1.54) is 6.92 Å². The van der Waals surface area contributed by atoms with Crippen LogP contribution in [0.2, 0.25) is 0 Å². The van der Waals surface area contributed by atoms with Gasteiger partial charge >= 0.3 is 0 Å². The van der Waals surface area contributed by atoms with Crippen molar-refractivity contribution in [2.24, 2.45) is 0 Å². The first-order valence-corrected chi connectivity index (χ1v) is 5.32. The number of hydrogen-bond donors (Lipinski definition) is 4. The van der Waals surface area contributed by atoms with Gasteiger partial charge in [-0.25, -0.2) is 0 Å². The Balaban J connectivity index is 2.95. The highest BCUT2D eigenvalue weighted by Gasteiger charge is 2.22. The number of Topliss-reactive ketones (excluding diaryl/α,β-unsaturated/α-hetero) is 1. The Kier molecular flexibility index (Phi) is 4.09. The summed E-state index contributed by atoms with van der Waals surface area (Å²) >= 11 is 0. The summed E-state index contributed by atoms with van der Waals surface area (Å²) in [6, 6.07) is 4.92. The molecule has 0 aliphatic carbocycles. The second kappa shape index (κ2) is 5.16. The van der Waals surface area contributed by atoms with E-state index in [2.05, 4.69) is 5.32 Å². The molecule has 0 radical (unpaired) electrons. The summed E-state index contributed by atoms with van der Waals surface area (Å²) in [7, 11) is 0. The first kappa shape index (κ1) is 13.5. The van der Waals surface area contributed by atoms with E-state index in [1.807, 2.05) is 0 Å². The van der Waals surface area contributed by atoms with Crippen molar-refractivity contribution in [3.8, 4) is 0 Å². The smallest absolute Gasteiger partial charge is 0.161 e. The van der Waals surface area contributed by atoms with Gasteiger partial charge in [0.05, 0.1) is 18.8 Å². The summed E-state index contributed by atoms with van der Waals surface area (Å²) in [6.45, 7) is 2.71. The Labute approximate surface area is 100 Å². The number of rotatable bonds is 5. The molecular weight excluding hydrogens is 220 g/mol. The zero-order valence-corrected chi connectivity index (χ0v) is 10.0. The number of hydrogen-bond acceptors (Lipinski definition) is 5. The van der Waals surface area contributed by atoms with Crippen LogP contribution in [-0.4, -0.2) is 34.7 Å². The maximum absolute atomic E-state index is 11.2. The largest absolute Gasteiger partial charge is 0.398 e. The molecule has 0 aromatic heterocycles. The molecular formula is C12H18N2O3. The average Bonchev–Trinajstić information content (AvgIpc) is 2.28. The van der Waals surface area contributed by atoms with Crippen LogP contribution in [0.1, 0.15) is 24.2 Å². The Morgan fingerprint density at radius 1 is 1.41 bits per heavy atom. The summed E-state index contributed by atoms with van der Waals surface area (Å²) in [5.41, 5.74) is 6.41. The lowest BCUT2D eigenvalue weighted by Crippen LogP contribution is -2.42. The van der Waals surface area contributed by atoms with Crippen LogP contribution in [0.25, 0.3) is 0 Å². The van der Waals surface area contributed by atoms with E-state index < -0.39 is 5.54 Å². The van der Waals surface area contributed by atoms with Crippen molar-refractivity contribution in [2.75, 3.05) is 24.3 Å². The molecule has 0 fully saturated rings. The molecule has 5 N–H and O–H groups in total. The van der Waals surface area contributed by atoms with Crippen molar-refractivity contribution in [1.29, 1.82) is 0 Å². The second-order valence-corrected chi connectivity index (χ2v) is 4.36. The average molecular weight is 238 g/mol. The maximum atomic E-state index is 11.2. The summed E-state index contributed by atoms with van der Waals surface area (Å²) < 4.78 is 0. The van der Waals surface area contributed by atoms with E-state index in [0.717, 1.165) is 0 Å². The van der Waals surface area contributed by atoms with Crippen LogP contribution in [0.4, 0.5) is 11.4 Å². The first-order valence-electron chi connectivity index (χ1n) is 5.32. The Morgan fingerprint density at radius 2 is 2.00 bits per heavy atom. The second-order valence-electron chi connectivity index (χ2n) is 4.36. The van der Waals surface area contributed by atoms with E-state index in [9.17, 15) is 4.79 Å². The first-order chi connectivity index (χ1) is 7.91. The molecule has 0 saturated carbocycles. The zero-order valence-electron chi connectivity index (χ0n) is 10.0. The van der Waals surface area contributed by atoms with Crippen molar-refractivity contribution in [3.05, 3.63) is 23.8 Å². The Morgan fingerprint density at radius 3 is 2.41 bits per heavy atom. The lowest BCUT2D eigenvalue weighted by Gasteiger charge is -2.27. The fourth-order valence-electron chi connectivity index (χ4n) is 1.44. The lowest BCUT2D eigenvalue weighted by molar-refractivity contribution is 0.101. The van der Waals surface area contributed by atoms with Crippen molar-refractivity contribution in [1.82, 2.24) is 0 Å². The van der Waals surface area contributed by atoms with Crippen LogP contribution in [0.5, 0.6) is 0 Å². The summed E-state index contributed by atoms with van der Waals surface area (Å²) in [5.74, 6) is -0.0962. The van der Waals surface area contributed by atoms with Gasteiger partial charge in [0.15, 0.2) is 5.78 Å². The van der Waals surface area contributed by atoms with Crippen molar-refractivity contribution >= 4 is 17.2 Å². The number of aliphatic hydroxyl groups is 2. The van der Waals surface area contributed by atoms with Crippen molar-refractivity contribution in [2.45, 2.75) is 19.4 Å². The molecule has 0 bridgehead atoms. The third-order valence-corrected chi connectivity index (χ3v) is 2.57. The zero-order chi connectivity index (χ0) is 13.1. The van der Waals surface area contributed by atoms with Gasteiger partial charge in [-0.05, 0) is 32.0 Å². The molecule has 0 amide bonds. The maximum Gasteiger partial charge on any atom is 0.161 e. The number of ketones is 1. The number of carbonyl (C=O) groups is 1. The fourth-order valence-corrected chi connectivity index (χ4v) is 1.44. The number of benzene rings is 1. The van der Waals surface area contributed by atoms with E-state index in [0.29, 0.717) is 16.9 Å². The van der Waals surface area contributed by atoms with Gasteiger partial charge in [-0.2, -0.15) is 0 Å². The van der Waals surface area contributed by atoms with Gasteiger partial charge in [0.25, 0.3) is 0 Å². The predicted octanol–water partition coefficient (Wildman–Crippen LogP) is 0.627. The summed E-state index contributed by atoms with van der Waals surface area (Å²) in [4.78, 5) is 11.2. The van der Waals surface area contributed by atoms with Gasteiger partial charge in [-0.1, -0.05) is 0 Å². The minimum atomic E-state index is -0.815. The van der Waals surface area contributed by atoms with Gasteiger partial charge in [0, 0.05) is 16.9 Å². The Bertz CT molecular complexity index is 414. The third-order valence-electron chi connectivity index (χ3n) is 2.57. The number of carbonyl (C=O) groups excluding carboxylic acids is 1.